The van der Waals surface area contributed by atoms with Gasteiger partial charge in [0.25, 0.3) is 11.1 Å². The van der Waals surface area contributed by atoms with Crippen molar-refractivity contribution >= 4 is 79.1 Å². The summed E-state index contributed by atoms with van der Waals surface area (Å²) in [6, 6.07) is 20.5. The molecule has 3 amide bonds. The van der Waals surface area contributed by atoms with Crippen molar-refractivity contribution in [3.05, 3.63) is 90.8 Å². The topological polar surface area (TPSA) is 84.9 Å². The molecule has 37 heavy (non-hydrogen) atoms. The molecule has 0 aromatic heterocycles. The predicted molar refractivity (Wildman–Crippen MR) is 157 cm³/mol. The maximum atomic E-state index is 12.9. The fourth-order valence-electron chi connectivity index (χ4n) is 3.47. The van der Waals surface area contributed by atoms with Crippen LogP contribution in [-0.2, 0) is 16.2 Å². The van der Waals surface area contributed by atoms with Crippen molar-refractivity contribution in [3.63, 3.8) is 0 Å². The van der Waals surface area contributed by atoms with Gasteiger partial charge in [0.2, 0.25) is 5.91 Å². The molecule has 1 aliphatic heterocycles. The first-order valence-electron chi connectivity index (χ1n) is 11.3. The summed E-state index contributed by atoms with van der Waals surface area (Å²) in [5, 5.41) is 2.21. The molecule has 0 atom stereocenters. The molecule has 1 fully saturated rings. The van der Waals surface area contributed by atoms with E-state index in [9.17, 15) is 14.4 Å². The number of hydrogen-bond donors (Lipinski definition) is 1. The molecular weight excluding hydrogens is 671 g/mol. The monoisotopic (exact) mass is 692 g/mol. The van der Waals surface area contributed by atoms with E-state index in [0.29, 0.717) is 40.4 Å². The van der Waals surface area contributed by atoms with Crippen LogP contribution in [0.4, 0.5) is 10.5 Å². The summed E-state index contributed by atoms with van der Waals surface area (Å²) >= 11 is 6.50. The van der Waals surface area contributed by atoms with E-state index in [2.05, 4.69) is 43.8 Å². The number of halogens is 2. The molecule has 1 aliphatic rings. The molecule has 3 aromatic rings. The van der Waals surface area contributed by atoms with Gasteiger partial charge in [-0.15, -0.1) is 0 Å². The van der Waals surface area contributed by atoms with Gasteiger partial charge in [-0.3, -0.25) is 19.3 Å². The summed E-state index contributed by atoms with van der Waals surface area (Å²) in [6.45, 7) is 2.29. The first-order valence-corrected chi connectivity index (χ1v) is 14.0. The van der Waals surface area contributed by atoms with E-state index in [1.165, 1.54) is 0 Å². The van der Waals surface area contributed by atoms with E-state index in [-0.39, 0.29) is 11.4 Å². The number of thioether (sulfide) groups is 1. The molecular formula is C27H22BrIN2O5S. The highest BCUT2D eigenvalue weighted by Crippen LogP contribution is 2.39. The molecule has 0 radical (unpaired) electrons. The maximum absolute atomic E-state index is 12.9. The summed E-state index contributed by atoms with van der Waals surface area (Å²) in [4.78, 5) is 39.1. The van der Waals surface area contributed by atoms with Gasteiger partial charge >= 0.3 is 0 Å². The number of nitrogens with one attached hydrogen (secondary N) is 1. The Balaban J connectivity index is 1.48. The number of hydrogen-bond acceptors (Lipinski definition) is 6. The van der Waals surface area contributed by atoms with Crippen LogP contribution in [0.25, 0.3) is 6.08 Å². The SMILES string of the molecule is CCOc1cc(/C=C2\SC(=O)N(CC(=O)Nc3ccc(I)cc3)C2=O)cc(Br)c1OCc1ccccc1. The molecule has 190 valence electrons. The van der Waals surface area contributed by atoms with Crippen LogP contribution in [-0.4, -0.2) is 35.1 Å². The van der Waals surface area contributed by atoms with Gasteiger partial charge in [-0.05, 0) is 111 Å². The lowest BCUT2D eigenvalue weighted by Crippen LogP contribution is -2.36. The smallest absolute Gasteiger partial charge is 0.294 e. The van der Waals surface area contributed by atoms with Gasteiger partial charge in [-0.1, -0.05) is 30.3 Å². The molecule has 0 unspecified atom stereocenters. The van der Waals surface area contributed by atoms with Gasteiger partial charge in [0, 0.05) is 9.26 Å². The van der Waals surface area contributed by atoms with Crippen molar-refractivity contribution in [1.29, 1.82) is 0 Å². The summed E-state index contributed by atoms with van der Waals surface area (Å²) in [5.41, 5.74) is 2.26. The van der Waals surface area contributed by atoms with Gasteiger partial charge < -0.3 is 14.8 Å². The van der Waals surface area contributed by atoms with E-state index in [0.717, 1.165) is 25.8 Å². The summed E-state index contributed by atoms with van der Waals surface area (Å²) < 4.78 is 13.5. The molecule has 0 bridgehead atoms. The van der Waals surface area contributed by atoms with Gasteiger partial charge in [-0.2, -0.15) is 0 Å². The molecule has 3 aromatic carbocycles. The number of carbonyl (C=O) groups is 3. The minimum absolute atomic E-state index is 0.222. The molecule has 0 spiro atoms. The zero-order chi connectivity index (χ0) is 26.4. The first-order chi connectivity index (χ1) is 17.8. The molecule has 0 aliphatic carbocycles. The van der Waals surface area contributed by atoms with Crippen LogP contribution in [0.5, 0.6) is 11.5 Å². The van der Waals surface area contributed by atoms with E-state index in [1.54, 1.807) is 30.3 Å². The highest BCUT2D eigenvalue weighted by Gasteiger charge is 2.36. The van der Waals surface area contributed by atoms with Crippen LogP contribution < -0.4 is 14.8 Å². The lowest BCUT2D eigenvalue weighted by Gasteiger charge is -2.15. The zero-order valence-corrected chi connectivity index (χ0v) is 24.3. The Morgan fingerprint density at radius 1 is 1.08 bits per heavy atom. The minimum Gasteiger partial charge on any atom is -0.490 e. The maximum Gasteiger partial charge on any atom is 0.294 e. The van der Waals surface area contributed by atoms with Gasteiger partial charge in [0.1, 0.15) is 13.2 Å². The number of amides is 3. The van der Waals surface area contributed by atoms with Crippen molar-refractivity contribution in [1.82, 2.24) is 4.90 Å². The number of imide groups is 1. The molecule has 10 heteroatoms. The third-order valence-electron chi connectivity index (χ3n) is 5.16. The molecule has 7 nitrogen and oxygen atoms in total. The first kappa shape index (κ1) is 27.2. The third-order valence-corrected chi connectivity index (χ3v) is 7.37. The second kappa shape index (κ2) is 12.6. The van der Waals surface area contributed by atoms with Crippen LogP contribution in [0, 0.1) is 3.57 Å². The van der Waals surface area contributed by atoms with Crippen LogP contribution in [0.2, 0.25) is 0 Å². The number of carbonyl (C=O) groups excluding carboxylic acids is 3. The van der Waals surface area contributed by atoms with Gasteiger partial charge in [-0.25, -0.2) is 0 Å². The van der Waals surface area contributed by atoms with Crippen molar-refractivity contribution in [2.45, 2.75) is 13.5 Å². The normalized spacial score (nSPS) is 14.2. The fourth-order valence-corrected chi connectivity index (χ4v) is 5.24. The van der Waals surface area contributed by atoms with Crippen LogP contribution in [0.3, 0.4) is 0 Å². The Morgan fingerprint density at radius 2 is 1.81 bits per heavy atom. The Labute approximate surface area is 240 Å². The Hall–Kier alpha value is -2.83. The molecule has 4 rings (SSSR count). The Kier molecular flexibility index (Phi) is 9.28. The van der Waals surface area contributed by atoms with Crippen LogP contribution in [0.15, 0.2) is 76.1 Å². The number of nitrogens with zero attached hydrogens (tertiary/aromatic N) is 1. The Bertz CT molecular complexity index is 1350. The van der Waals surface area contributed by atoms with Crippen molar-refractivity contribution in [3.8, 4) is 11.5 Å². The van der Waals surface area contributed by atoms with E-state index in [4.69, 9.17) is 9.47 Å². The summed E-state index contributed by atoms with van der Waals surface area (Å²) in [5.74, 6) is 0.0794. The largest absolute Gasteiger partial charge is 0.490 e. The average molecular weight is 693 g/mol. The summed E-state index contributed by atoms with van der Waals surface area (Å²) in [7, 11) is 0. The van der Waals surface area contributed by atoms with E-state index in [1.807, 2.05) is 49.4 Å². The standard InChI is InChI=1S/C27H22BrIN2O5S/c1-2-35-22-13-18(12-21(28)25(22)36-16-17-6-4-3-5-7-17)14-23-26(33)31(27(34)37-23)15-24(32)30-20-10-8-19(29)9-11-20/h3-14H,2,15-16H2,1H3,(H,30,32)/b23-14-. The van der Waals surface area contributed by atoms with Crippen molar-refractivity contribution in [2.75, 3.05) is 18.5 Å². The number of ether oxygens (including phenoxy) is 2. The third kappa shape index (κ3) is 7.14. The molecule has 1 saturated heterocycles. The number of benzene rings is 3. The minimum atomic E-state index is -0.522. The van der Waals surface area contributed by atoms with Gasteiger partial charge in [0.05, 0.1) is 16.0 Å². The van der Waals surface area contributed by atoms with E-state index < -0.39 is 17.1 Å². The zero-order valence-electron chi connectivity index (χ0n) is 19.7. The second-order valence-corrected chi connectivity index (χ2v) is 11.0. The fraction of sp³-hybridized carbons (Fsp3) is 0.148. The van der Waals surface area contributed by atoms with Crippen molar-refractivity contribution < 1.29 is 23.9 Å². The van der Waals surface area contributed by atoms with Crippen LogP contribution >= 0.6 is 50.3 Å². The molecule has 1 heterocycles. The molecule has 0 saturated carbocycles. The Morgan fingerprint density at radius 3 is 2.51 bits per heavy atom. The predicted octanol–water partition coefficient (Wildman–Crippen LogP) is 6.71. The second-order valence-electron chi connectivity index (χ2n) is 7.86. The van der Waals surface area contributed by atoms with E-state index >= 15 is 0 Å². The number of rotatable bonds is 9. The van der Waals surface area contributed by atoms with Gasteiger partial charge in [0.15, 0.2) is 11.5 Å². The van der Waals surface area contributed by atoms with Crippen molar-refractivity contribution in [2.24, 2.45) is 0 Å². The summed E-state index contributed by atoms with van der Waals surface area (Å²) in [6.07, 6.45) is 1.61. The number of anilines is 1. The quantitative estimate of drug-likeness (QED) is 0.198. The average Bonchev–Trinajstić information content (AvgIpc) is 3.13. The lowest BCUT2D eigenvalue weighted by atomic mass is 10.1. The highest BCUT2D eigenvalue weighted by atomic mass is 127. The lowest BCUT2D eigenvalue weighted by molar-refractivity contribution is -0.127. The van der Waals surface area contributed by atoms with Crippen LogP contribution in [0.1, 0.15) is 18.1 Å². The highest BCUT2D eigenvalue weighted by molar-refractivity contribution is 14.1. The molecule has 1 N–H and O–H groups in total.